The van der Waals surface area contributed by atoms with Gasteiger partial charge in [-0.2, -0.15) is 0 Å². The van der Waals surface area contributed by atoms with Gasteiger partial charge in [-0.3, -0.25) is 0 Å². The number of halogens is 9. The van der Waals surface area contributed by atoms with Crippen LogP contribution in [0.2, 0.25) is 0 Å². The van der Waals surface area contributed by atoms with E-state index in [0.717, 1.165) is 0 Å². The largest absolute Gasteiger partial charge is 0.266 e. The van der Waals surface area contributed by atoms with Gasteiger partial charge in [0.1, 0.15) is 0 Å². The van der Waals surface area contributed by atoms with Crippen molar-refractivity contribution in [1.82, 2.24) is 0 Å². The van der Waals surface area contributed by atoms with Gasteiger partial charge >= 0.3 is 0 Å². The summed E-state index contributed by atoms with van der Waals surface area (Å²) in [6.07, 6.45) is 0. The van der Waals surface area contributed by atoms with E-state index >= 15 is 0 Å². The summed E-state index contributed by atoms with van der Waals surface area (Å²) in [4.78, 5) is 0. The van der Waals surface area contributed by atoms with Gasteiger partial charge in [-0.25, -0.2) is 0 Å². The second-order valence-corrected chi connectivity index (χ2v) is 9.80. The van der Waals surface area contributed by atoms with Crippen molar-refractivity contribution in [3.63, 3.8) is 0 Å². The Bertz CT molecular complexity index is 409. The highest BCUT2D eigenvalue weighted by Crippen LogP contribution is 2.29. The van der Waals surface area contributed by atoms with Gasteiger partial charge in [0.2, 0.25) is 0 Å². The number of alkyl halides is 9. The summed E-state index contributed by atoms with van der Waals surface area (Å²) in [6.45, 7) is 2.08. The minimum absolute atomic E-state index is 0.194. The van der Waals surface area contributed by atoms with Crippen molar-refractivity contribution in [2.24, 2.45) is 0 Å². The summed E-state index contributed by atoms with van der Waals surface area (Å²) < 4.78 is -2.36. The van der Waals surface area contributed by atoms with E-state index in [0.29, 0.717) is 0 Å². The molecule has 0 unspecified atom stereocenters. The third-order valence-corrected chi connectivity index (χ3v) is 1.61. The first-order valence-electron chi connectivity index (χ1n) is 6.36. The molecule has 0 amide bonds. The van der Waals surface area contributed by atoms with E-state index in [-0.39, 0.29) is 5.34 Å². The van der Waals surface area contributed by atoms with Crippen LogP contribution in [-0.4, -0.2) is 12.9 Å². The van der Waals surface area contributed by atoms with Crippen molar-refractivity contribution in [2.45, 2.75) is 14.5 Å². The van der Waals surface area contributed by atoms with Crippen LogP contribution in [0.5, 0.6) is 0 Å². The lowest BCUT2D eigenvalue weighted by molar-refractivity contribution is 1.48. The summed E-state index contributed by atoms with van der Waals surface area (Å²) in [5, 5.41) is 0.194. The Labute approximate surface area is 195 Å². The monoisotopic (exact) mass is 524 g/mol. The van der Waals surface area contributed by atoms with Gasteiger partial charge in [0.15, 0.2) is 4.30 Å². The highest BCUT2D eigenvalue weighted by molar-refractivity contribution is 6.83. The molecule has 144 valence electrons. The predicted molar refractivity (Wildman–Crippen MR) is 122 cm³/mol. The third-order valence-electron chi connectivity index (χ3n) is 1.61. The van der Waals surface area contributed by atoms with Crippen LogP contribution in [0.4, 0.5) is 0 Å². The average Bonchev–Trinajstić information content (AvgIpc) is 2.49. The number of benzene rings is 2. The SMILES string of the molecule is Cc1ccccc1.ClC(Cl)(Cl)Cl.ClC(Cl)Cl.ClCCl.c1ccccc1. The molecule has 0 aliphatic rings. The van der Waals surface area contributed by atoms with Crippen LogP contribution >= 0.6 is 104 Å². The molecule has 9 heteroatoms. The van der Waals surface area contributed by atoms with Crippen LogP contribution in [-0.2, 0) is 0 Å². The maximum absolute atomic E-state index is 4.83. The first kappa shape index (κ1) is 30.8. The Balaban J connectivity index is -0.000000250. The summed E-state index contributed by atoms with van der Waals surface area (Å²) in [6, 6.07) is 22.3. The van der Waals surface area contributed by atoms with Crippen molar-refractivity contribution < 1.29 is 0 Å². The van der Waals surface area contributed by atoms with Crippen molar-refractivity contribution in [3.8, 4) is 0 Å². The molecule has 0 bridgehead atoms. The summed E-state index contributed by atoms with van der Waals surface area (Å²) >= 11 is 43.2. The molecule has 25 heavy (non-hydrogen) atoms. The maximum atomic E-state index is 4.83. The van der Waals surface area contributed by atoms with E-state index in [9.17, 15) is 0 Å². The van der Waals surface area contributed by atoms with Crippen molar-refractivity contribution in [1.29, 1.82) is 0 Å². The minimum Gasteiger partial charge on any atom is -0.109 e. The van der Waals surface area contributed by atoms with Gasteiger partial charge in [0.05, 0.1) is 5.34 Å². The molecule has 0 radical (unpaired) electrons. The minimum atomic E-state index is -1.61. The second kappa shape index (κ2) is 23.1. The zero-order valence-corrected chi connectivity index (χ0v) is 19.8. The molecule has 2 aromatic carbocycles. The zero-order chi connectivity index (χ0) is 20.1. The van der Waals surface area contributed by atoms with E-state index in [1.807, 2.05) is 54.6 Å². The molecule has 0 fully saturated rings. The fourth-order valence-electron chi connectivity index (χ4n) is 0.919. The van der Waals surface area contributed by atoms with Crippen molar-refractivity contribution in [2.75, 3.05) is 5.34 Å². The van der Waals surface area contributed by atoms with E-state index in [2.05, 4.69) is 19.1 Å². The fourth-order valence-corrected chi connectivity index (χ4v) is 0.919. The Morgan fingerprint density at radius 2 is 0.840 bits per heavy atom. The molecule has 0 atom stereocenters. The topological polar surface area (TPSA) is 0 Å². The van der Waals surface area contributed by atoms with Crippen LogP contribution in [0.1, 0.15) is 5.56 Å². The molecule has 0 heterocycles. The lowest BCUT2D eigenvalue weighted by Crippen LogP contribution is -1.81. The molecular formula is C16H17Cl9. The number of aryl methyl sites for hydroxylation is 1. The predicted octanol–water partition coefficient (Wildman–Crippen LogP) is 9.64. The van der Waals surface area contributed by atoms with Crippen LogP contribution in [0.25, 0.3) is 0 Å². The Morgan fingerprint density at radius 1 is 0.680 bits per heavy atom. The standard InChI is InChI=1S/C7H8.C6H6.CCl4.CHCl3.CH2Cl2/c1-7-5-3-2-4-6-7;1-2-4-6-5-3-1;2-1(3,4)5;2-1(3)4;2-1-3/h2-6H,1H3;1-6H;;1H;1H2. The molecule has 2 rings (SSSR count). The van der Waals surface area contributed by atoms with E-state index in [1.165, 1.54) is 5.56 Å². The molecule has 0 aromatic heterocycles. The van der Waals surface area contributed by atoms with Crippen molar-refractivity contribution >= 4 is 104 Å². The summed E-state index contributed by atoms with van der Waals surface area (Å²) in [5.41, 5.74) is 1.32. The highest BCUT2D eigenvalue weighted by Gasteiger charge is 2.11. The normalized spacial score (nSPS) is 8.92. The van der Waals surface area contributed by atoms with Crippen LogP contribution in [0.3, 0.4) is 0 Å². The van der Waals surface area contributed by atoms with Gasteiger partial charge < -0.3 is 0 Å². The Morgan fingerprint density at radius 3 is 0.960 bits per heavy atom. The molecule has 0 saturated heterocycles. The van der Waals surface area contributed by atoms with Crippen LogP contribution < -0.4 is 0 Å². The van der Waals surface area contributed by atoms with Crippen LogP contribution in [0, 0.1) is 6.92 Å². The van der Waals surface area contributed by atoms with E-state index in [1.54, 1.807) is 0 Å². The van der Waals surface area contributed by atoms with Crippen molar-refractivity contribution in [3.05, 3.63) is 72.3 Å². The molecule has 0 nitrogen and oxygen atoms in total. The van der Waals surface area contributed by atoms with Gasteiger partial charge in [0, 0.05) is 0 Å². The fraction of sp³-hybridized carbons (Fsp3) is 0.250. The first-order chi connectivity index (χ1) is 11.5. The van der Waals surface area contributed by atoms with E-state index in [4.69, 9.17) is 104 Å². The molecule has 0 aliphatic heterocycles. The van der Waals surface area contributed by atoms with Gasteiger partial charge in [-0.15, -0.1) is 23.2 Å². The lowest BCUT2D eigenvalue weighted by atomic mass is 10.2. The quantitative estimate of drug-likeness (QED) is 0.299. The average molecular weight is 528 g/mol. The Hall–Kier alpha value is 1.05. The first-order valence-corrected chi connectivity index (χ1v) is 10.2. The number of hydrogen-bond acceptors (Lipinski definition) is 0. The maximum Gasteiger partial charge on any atom is 0.266 e. The zero-order valence-electron chi connectivity index (χ0n) is 13.0. The van der Waals surface area contributed by atoms with Gasteiger partial charge in [-0.05, 0) is 6.92 Å². The molecular weight excluding hydrogens is 511 g/mol. The highest BCUT2D eigenvalue weighted by atomic mass is 35.6. The molecule has 0 N–H and O–H groups in total. The third kappa shape index (κ3) is 58.8. The molecule has 0 aliphatic carbocycles. The number of rotatable bonds is 0. The molecule has 0 spiro atoms. The van der Waals surface area contributed by atoms with Gasteiger partial charge in [-0.1, -0.05) is 154 Å². The molecule has 2 aromatic rings. The summed E-state index contributed by atoms with van der Waals surface area (Å²) in [7, 11) is 0. The van der Waals surface area contributed by atoms with E-state index < -0.39 is 7.55 Å². The number of hydrogen-bond donors (Lipinski definition) is 0. The molecule has 0 saturated carbocycles. The second-order valence-electron chi connectivity index (χ2n) is 3.59. The summed E-state index contributed by atoms with van der Waals surface area (Å²) in [5.74, 6) is 0. The Kier molecular flexibility index (Phi) is 28.4. The van der Waals surface area contributed by atoms with Crippen LogP contribution in [0.15, 0.2) is 66.7 Å². The smallest absolute Gasteiger partial charge is 0.109 e. The lowest BCUT2D eigenvalue weighted by Gasteiger charge is -1.91. The van der Waals surface area contributed by atoms with Gasteiger partial charge in [0.25, 0.3) is 3.25 Å².